The molecule has 106 valence electrons. The van der Waals surface area contributed by atoms with Crippen LogP contribution in [0, 0.1) is 0 Å². The molecule has 8 heteroatoms. The van der Waals surface area contributed by atoms with Crippen LogP contribution in [-0.2, 0) is 14.4 Å². The van der Waals surface area contributed by atoms with Crippen molar-refractivity contribution in [1.82, 2.24) is 0 Å². The third kappa shape index (κ3) is 16.7. The molecule has 0 aliphatic rings. The van der Waals surface area contributed by atoms with Crippen molar-refractivity contribution in [3.05, 3.63) is 0 Å². The summed E-state index contributed by atoms with van der Waals surface area (Å²) in [5.74, 6) is -3.20. The summed E-state index contributed by atoms with van der Waals surface area (Å²) < 4.78 is 0.419. The van der Waals surface area contributed by atoms with Crippen molar-refractivity contribution in [2.24, 2.45) is 5.73 Å². The number of carbonyl (C=O) groups excluding carboxylic acids is 1. The van der Waals surface area contributed by atoms with Crippen LogP contribution in [0.3, 0.4) is 0 Å². The van der Waals surface area contributed by atoms with Crippen LogP contribution in [0.5, 0.6) is 0 Å². The van der Waals surface area contributed by atoms with Crippen molar-refractivity contribution in [3.63, 3.8) is 0 Å². The average molecular weight is 264 g/mol. The molecular formula is C10H20N2O6. The zero-order valence-electron chi connectivity index (χ0n) is 10.8. The molecular weight excluding hydrogens is 244 g/mol. The molecule has 0 fully saturated rings. The normalized spacial score (nSPS) is 12.0. The SMILES string of the molecule is C[N+](C)(C)CC(=O)[O-].N[C@@H](CCC(=O)O)C(=O)O. The summed E-state index contributed by atoms with van der Waals surface area (Å²) in [6.07, 6.45) is -0.224. The summed E-state index contributed by atoms with van der Waals surface area (Å²) in [4.78, 5) is 29.8. The number of quaternary nitrogens is 1. The number of carbonyl (C=O) groups is 3. The fourth-order valence-electron chi connectivity index (χ4n) is 0.790. The maximum Gasteiger partial charge on any atom is 0.320 e. The van der Waals surface area contributed by atoms with E-state index in [1.165, 1.54) is 0 Å². The number of likely N-dealkylation sites (N-methyl/N-ethyl adjacent to an activating group) is 1. The van der Waals surface area contributed by atoms with Crippen LogP contribution in [0.25, 0.3) is 0 Å². The third-order valence-electron chi connectivity index (χ3n) is 1.59. The predicted octanol–water partition coefficient (Wildman–Crippen LogP) is -2.29. The first kappa shape index (κ1) is 18.7. The van der Waals surface area contributed by atoms with Gasteiger partial charge in [0.25, 0.3) is 0 Å². The highest BCUT2D eigenvalue weighted by Gasteiger charge is 2.12. The molecule has 18 heavy (non-hydrogen) atoms. The number of hydrogen-bond acceptors (Lipinski definition) is 5. The molecule has 0 amide bonds. The monoisotopic (exact) mass is 264 g/mol. The van der Waals surface area contributed by atoms with Gasteiger partial charge in [0, 0.05) is 6.42 Å². The van der Waals surface area contributed by atoms with Crippen LogP contribution in [0.1, 0.15) is 12.8 Å². The van der Waals surface area contributed by atoms with E-state index in [9.17, 15) is 19.5 Å². The first-order chi connectivity index (χ1) is 7.95. The Labute approximate surface area is 105 Å². The van der Waals surface area contributed by atoms with E-state index >= 15 is 0 Å². The Kier molecular flexibility index (Phi) is 8.75. The van der Waals surface area contributed by atoms with Gasteiger partial charge in [-0.25, -0.2) is 0 Å². The van der Waals surface area contributed by atoms with Crippen molar-refractivity contribution in [2.45, 2.75) is 18.9 Å². The Bertz CT molecular complexity index is 297. The minimum absolute atomic E-state index is 0.0231. The highest BCUT2D eigenvalue weighted by atomic mass is 16.4. The molecule has 0 radical (unpaired) electrons. The molecule has 0 rings (SSSR count). The molecule has 0 saturated carbocycles. The molecule has 0 saturated heterocycles. The van der Waals surface area contributed by atoms with E-state index in [-0.39, 0.29) is 19.4 Å². The minimum Gasteiger partial charge on any atom is -0.544 e. The number of carboxylic acid groups (broad SMARTS) is 3. The second-order valence-electron chi connectivity index (χ2n) is 4.70. The minimum atomic E-state index is -1.17. The first-order valence-electron chi connectivity index (χ1n) is 5.16. The molecule has 0 aromatic rings. The third-order valence-corrected chi connectivity index (χ3v) is 1.59. The van der Waals surface area contributed by atoms with E-state index in [1.807, 2.05) is 0 Å². The molecule has 0 spiro atoms. The van der Waals surface area contributed by atoms with Gasteiger partial charge in [0.05, 0.1) is 27.1 Å². The Balaban J connectivity index is 0. The molecule has 1 atom stereocenters. The van der Waals surface area contributed by atoms with Gasteiger partial charge >= 0.3 is 11.9 Å². The van der Waals surface area contributed by atoms with E-state index in [0.717, 1.165) is 0 Å². The topological polar surface area (TPSA) is 141 Å². The van der Waals surface area contributed by atoms with Crippen molar-refractivity contribution >= 4 is 17.9 Å². The number of rotatable bonds is 6. The van der Waals surface area contributed by atoms with Crippen LogP contribution in [0.4, 0.5) is 0 Å². The molecule has 0 aliphatic heterocycles. The quantitative estimate of drug-likeness (QED) is 0.458. The second-order valence-corrected chi connectivity index (χ2v) is 4.70. The highest BCUT2D eigenvalue weighted by molar-refractivity contribution is 5.74. The summed E-state index contributed by atoms with van der Waals surface area (Å²) in [6, 6.07) is -1.06. The number of hydrogen-bond donors (Lipinski definition) is 3. The zero-order chi connectivity index (χ0) is 14.9. The summed E-state index contributed by atoms with van der Waals surface area (Å²) in [6.45, 7) is 0.0694. The number of aliphatic carboxylic acids is 3. The smallest absolute Gasteiger partial charge is 0.320 e. The number of nitrogens with two attached hydrogens (primary N) is 1. The van der Waals surface area contributed by atoms with Crippen molar-refractivity contribution < 1.29 is 34.2 Å². The lowest BCUT2D eigenvalue weighted by Gasteiger charge is -2.23. The van der Waals surface area contributed by atoms with Gasteiger partial charge in [0.1, 0.15) is 12.6 Å². The first-order valence-corrected chi connectivity index (χ1v) is 5.16. The predicted molar refractivity (Wildman–Crippen MR) is 60.4 cm³/mol. The van der Waals surface area contributed by atoms with Crippen LogP contribution in [-0.4, -0.2) is 66.3 Å². The molecule has 0 aromatic heterocycles. The Morgan fingerprint density at radius 1 is 1.22 bits per heavy atom. The lowest BCUT2D eigenvalue weighted by Crippen LogP contribution is -2.45. The summed E-state index contributed by atoms with van der Waals surface area (Å²) in [5.41, 5.74) is 5.00. The Hall–Kier alpha value is -1.67. The Morgan fingerprint density at radius 2 is 1.67 bits per heavy atom. The van der Waals surface area contributed by atoms with Crippen LogP contribution < -0.4 is 10.8 Å². The van der Waals surface area contributed by atoms with Crippen molar-refractivity contribution in [1.29, 1.82) is 0 Å². The van der Waals surface area contributed by atoms with Crippen LogP contribution in [0.15, 0.2) is 0 Å². The van der Waals surface area contributed by atoms with Gasteiger partial charge < -0.3 is 30.3 Å². The van der Waals surface area contributed by atoms with Crippen LogP contribution >= 0.6 is 0 Å². The summed E-state index contributed by atoms with van der Waals surface area (Å²) >= 11 is 0. The van der Waals surface area contributed by atoms with Gasteiger partial charge in [0.15, 0.2) is 0 Å². The average Bonchev–Trinajstić information content (AvgIpc) is 2.10. The maximum atomic E-state index is 9.99. The van der Waals surface area contributed by atoms with Gasteiger partial charge in [-0.3, -0.25) is 9.59 Å². The van der Waals surface area contributed by atoms with Gasteiger partial charge in [-0.15, -0.1) is 0 Å². The van der Waals surface area contributed by atoms with Gasteiger partial charge in [-0.05, 0) is 6.42 Å². The fourth-order valence-corrected chi connectivity index (χ4v) is 0.790. The molecule has 0 unspecified atom stereocenters. The fraction of sp³-hybridized carbons (Fsp3) is 0.700. The maximum absolute atomic E-state index is 9.99. The van der Waals surface area contributed by atoms with E-state index in [0.29, 0.717) is 4.48 Å². The van der Waals surface area contributed by atoms with Gasteiger partial charge in [0.2, 0.25) is 0 Å². The van der Waals surface area contributed by atoms with E-state index in [1.54, 1.807) is 21.1 Å². The number of carboxylic acids is 3. The highest BCUT2D eigenvalue weighted by Crippen LogP contribution is 1.93. The second kappa shape index (κ2) is 8.43. The standard InChI is InChI=1S/C5H9NO4.C5H11NO2/c6-3(5(9)10)1-2-4(7)8;1-6(2,3)4-5(7)8/h3H,1-2,6H2,(H,7,8)(H,9,10);4H2,1-3H3/t3-;/m0./s1. The van der Waals surface area contributed by atoms with Gasteiger partial charge in [-0.1, -0.05) is 0 Å². The summed E-state index contributed by atoms with van der Waals surface area (Å²) in [7, 11) is 5.40. The molecule has 4 N–H and O–H groups in total. The number of nitrogens with zero attached hydrogens (tertiary/aromatic N) is 1. The molecule has 0 heterocycles. The van der Waals surface area contributed by atoms with Crippen molar-refractivity contribution in [2.75, 3.05) is 27.7 Å². The molecule has 0 aliphatic carbocycles. The lowest BCUT2D eigenvalue weighted by atomic mass is 10.2. The summed E-state index contributed by atoms with van der Waals surface area (Å²) in [5, 5.41) is 26.2. The Morgan fingerprint density at radius 3 is 1.83 bits per heavy atom. The van der Waals surface area contributed by atoms with Gasteiger partial charge in [-0.2, -0.15) is 0 Å². The zero-order valence-corrected chi connectivity index (χ0v) is 10.8. The molecule has 0 bridgehead atoms. The molecule has 0 aromatic carbocycles. The van der Waals surface area contributed by atoms with E-state index in [2.05, 4.69) is 0 Å². The van der Waals surface area contributed by atoms with Crippen LogP contribution in [0.2, 0.25) is 0 Å². The molecule has 8 nitrogen and oxygen atoms in total. The van der Waals surface area contributed by atoms with E-state index in [4.69, 9.17) is 15.9 Å². The van der Waals surface area contributed by atoms with Crippen molar-refractivity contribution in [3.8, 4) is 0 Å². The lowest BCUT2D eigenvalue weighted by molar-refractivity contribution is -0.864. The van der Waals surface area contributed by atoms with E-state index < -0.39 is 23.9 Å². The largest absolute Gasteiger partial charge is 0.544 e.